The summed E-state index contributed by atoms with van der Waals surface area (Å²) < 4.78 is 39.4. The lowest BCUT2D eigenvalue weighted by molar-refractivity contribution is -0.122. The van der Waals surface area contributed by atoms with Gasteiger partial charge in [0.25, 0.3) is 10.0 Å². The Labute approximate surface area is 205 Å². The summed E-state index contributed by atoms with van der Waals surface area (Å²) in [5, 5.41) is 0.615. The largest absolute Gasteiger partial charge is 0.489 e. The molecule has 180 valence electrons. The molecule has 1 atom stereocenters. The van der Waals surface area contributed by atoms with Crippen molar-refractivity contribution in [1.29, 1.82) is 0 Å². The van der Waals surface area contributed by atoms with E-state index in [1.165, 1.54) is 10.4 Å². The van der Waals surface area contributed by atoms with E-state index in [1.807, 2.05) is 66.7 Å². The van der Waals surface area contributed by atoms with Gasteiger partial charge in [0.1, 0.15) is 17.9 Å². The maximum Gasteiger partial charge on any atom is 0.277 e. The Hall–Kier alpha value is -3.42. The molecule has 0 spiro atoms. The Kier molecular flexibility index (Phi) is 6.70. The summed E-state index contributed by atoms with van der Waals surface area (Å²) in [5.41, 5.74) is 2.58. The lowest BCUT2D eigenvalue weighted by Gasteiger charge is -2.21. The van der Waals surface area contributed by atoms with Crippen LogP contribution in [0.1, 0.15) is 30.4 Å². The highest BCUT2D eigenvalue weighted by Crippen LogP contribution is 2.31. The molecule has 1 aliphatic heterocycles. The van der Waals surface area contributed by atoms with Crippen LogP contribution >= 0.6 is 0 Å². The van der Waals surface area contributed by atoms with Crippen molar-refractivity contribution in [3.8, 4) is 5.75 Å². The maximum atomic E-state index is 13.3. The van der Waals surface area contributed by atoms with Crippen LogP contribution in [0.4, 0.5) is 0 Å². The van der Waals surface area contributed by atoms with Crippen LogP contribution in [0.5, 0.6) is 5.75 Å². The van der Waals surface area contributed by atoms with Crippen LogP contribution in [0, 0.1) is 0 Å². The molecule has 2 heterocycles. The van der Waals surface area contributed by atoms with Gasteiger partial charge in [0.2, 0.25) is 5.09 Å². The number of hydrogen-bond acceptors (Lipinski definition) is 5. The predicted molar refractivity (Wildman–Crippen MR) is 134 cm³/mol. The summed E-state index contributed by atoms with van der Waals surface area (Å²) in [6, 6.07) is 25.7. The number of carbonyl (C=O) groups is 1. The number of benzene rings is 3. The molecule has 1 saturated heterocycles. The van der Waals surface area contributed by atoms with Crippen LogP contribution in [-0.2, 0) is 27.8 Å². The summed E-state index contributed by atoms with van der Waals surface area (Å²) in [6.45, 7) is 0.790. The summed E-state index contributed by atoms with van der Waals surface area (Å²) >= 11 is 0. The van der Waals surface area contributed by atoms with Crippen molar-refractivity contribution in [2.24, 2.45) is 0 Å². The molecular formula is C28H27NO5S. The van der Waals surface area contributed by atoms with Gasteiger partial charge in [-0.05, 0) is 48.6 Å². The number of carbonyl (C=O) groups excluding carboxylic acids is 1. The van der Waals surface area contributed by atoms with E-state index in [0.29, 0.717) is 38.0 Å². The number of aryl methyl sites for hydroxylation is 1. The SMILES string of the molecule is O=C(CCc1cccc(OCc2ccccc2)c1)[C@@H]1CCCN1S(=O)(=O)c1cc2ccccc2o1. The summed E-state index contributed by atoms with van der Waals surface area (Å²) in [7, 11) is -3.89. The first kappa shape index (κ1) is 23.3. The second-order valence-electron chi connectivity index (χ2n) is 8.77. The average molecular weight is 490 g/mol. The van der Waals surface area contributed by atoms with E-state index in [2.05, 4.69) is 0 Å². The lowest BCUT2D eigenvalue weighted by atomic mass is 10.0. The van der Waals surface area contributed by atoms with Crippen molar-refractivity contribution in [2.45, 2.75) is 43.4 Å². The number of rotatable bonds is 9. The normalized spacial score (nSPS) is 16.5. The van der Waals surface area contributed by atoms with Crippen LogP contribution in [0.15, 0.2) is 94.4 Å². The number of ether oxygens (including phenoxy) is 1. The number of fused-ring (bicyclic) bond motifs is 1. The molecule has 5 rings (SSSR count). The van der Waals surface area contributed by atoms with Gasteiger partial charge in [-0.1, -0.05) is 60.7 Å². The molecule has 0 amide bonds. The van der Waals surface area contributed by atoms with Gasteiger partial charge in [0, 0.05) is 24.4 Å². The van der Waals surface area contributed by atoms with Crippen molar-refractivity contribution in [3.05, 3.63) is 96.1 Å². The first-order valence-corrected chi connectivity index (χ1v) is 13.2. The number of para-hydroxylation sites is 1. The molecule has 1 fully saturated rings. The second-order valence-corrected chi connectivity index (χ2v) is 10.6. The van der Waals surface area contributed by atoms with Crippen LogP contribution in [0.2, 0.25) is 0 Å². The van der Waals surface area contributed by atoms with Crippen molar-refractivity contribution in [1.82, 2.24) is 4.31 Å². The number of Topliss-reactive ketones (excluding diaryl/α,β-unsaturated/α-hetero) is 1. The fraction of sp³-hybridized carbons (Fsp3) is 0.250. The molecule has 7 heteroatoms. The summed E-state index contributed by atoms with van der Waals surface area (Å²) in [6.07, 6.45) is 1.96. The molecule has 0 saturated carbocycles. The zero-order valence-electron chi connectivity index (χ0n) is 19.3. The zero-order chi connectivity index (χ0) is 24.3. The number of sulfonamides is 1. The van der Waals surface area contributed by atoms with E-state index in [1.54, 1.807) is 12.1 Å². The van der Waals surface area contributed by atoms with E-state index in [0.717, 1.165) is 22.3 Å². The summed E-state index contributed by atoms with van der Waals surface area (Å²) in [5.74, 6) is 0.673. The first-order chi connectivity index (χ1) is 17.0. The Bertz CT molecular complexity index is 1400. The third-order valence-corrected chi connectivity index (χ3v) is 8.11. The molecule has 4 aromatic rings. The van der Waals surface area contributed by atoms with E-state index >= 15 is 0 Å². The fourth-order valence-corrected chi connectivity index (χ4v) is 6.15. The van der Waals surface area contributed by atoms with Crippen molar-refractivity contribution >= 4 is 26.8 Å². The highest BCUT2D eigenvalue weighted by Gasteiger charge is 2.40. The quantitative estimate of drug-likeness (QED) is 0.316. The molecule has 0 bridgehead atoms. The van der Waals surface area contributed by atoms with Gasteiger partial charge in [0.05, 0.1) is 6.04 Å². The van der Waals surface area contributed by atoms with Gasteiger partial charge in [0.15, 0.2) is 5.78 Å². The number of hydrogen-bond donors (Lipinski definition) is 0. The molecule has 0 N–H and O–H groups in total. The van der Waals surface area contributed by atoms with E-state index in [4.69, 9.17) is 9.15 Å². The Morgan fingerprint density at radius 2 is 1.71 bits per heavy atom. The van der Waals surface area contributed by atoms with E-state index < -0.39 is 16.1 Å². The average Bonchev–Trinajstić information content (AvgIpc) is 3.55. The predicted octanol–water partition coefficient (Wildman–Crippen LogP) is 5.37. The minimum Gasteiger partial charge on any atom is -0.489 e. The molecule has 35 heavy (non-hydrogen) atoms. The third-order valence-electron chi connectivity index (χ3n) is 6.35. The Morgan fingerprint density at radius 3 is 2.54 bits per heavy atom. The second kappa shape index (κ2) is 10.1. The molecule has 0 aliphatic carbocycles. The van der Waals surface area contributed by atoms with Gasteiger partial charge < -0.3 is 9.15 Å². The standard InChI is InChI=1S/C28H27NO5S/c30-26(16-15-21-10-6-12-24(18-21)33-20-22-8-2-1-3-9-22)25-13-7-17-29(25)35(31,32)28-19-23-11-4-5-14-27(23)34-28/h1-6,8-12,14,18-19,25H,7,13,15-17,20H2/t25-/m0/s1. The van der Waals surface area contributed by atoms with Gasteiger partial charge >= 0.3 is 0 Å². The molecule has 0 radical (unpaired) electrons. The van der Waals surface area contributed by atoms with E-state index in [9.17, 15) is 13.2 Å². The van der Waals surface area contributed by atoms with Crippen molar-refractivity contribution in [2.75, 3.05) is 6.54 Å². The van der Waals surface area contributed by atoms with E-state index in [-0.39, 0.29) is 17.3 Å². The Balaban J connectivity index is 1.23. The first-order valence-electron chi connectivity index (χ1n) is 11.8. The number of nitrogens with zero attached hydrogens (tertiary/aromatic N) is 1. The van der Waals surface area contributed by atoms with Crippen LogP contribution < -0.4 is 4.74 Å². The van der Waals surface area contributed by atoms with Crippen LogP contribution in [0.3, 0.4) is 0 Å². The maximum absolute atomic E-state index is 13.3. The minimum absolute atomic E-state index is 0.0715. The fourth-order valence-electron chi connectivity index (χ4n) is 4.52. The van der Waals surface area contributed by atoms with Gasteiger partial charge in [-0.25, -0.2) is 8.42 Å². The molecule has 6 nitrogen and oxygen atoms in total. The molecule has 1 aliphatic rings. The van der Waals surface area contributed by atoms with Gasteiger partial charge in [-0.3, -0.25) is 4.79 Å². The number of furan rings is 1. The monoisotopic (exact) mass is 489 g/mol. The van der Waals surface area contributed by atoms with Crippen LogP contribution in [0.25, 0.3) is 11.0 Å². The topological polar surface area (TPSA) is 76.8 Å². The Morgan fingerprint density at radius 1 is 0.943 bits per heavy atom. The molecule has 1 aromatic heterocycles. The van der Waals surface area contributed by atoms with Crippen molar-refractivity contribution < 1.29 is 22.4 Å². The highest BCUT2D eigenvalue weighted by atomic mass is 32.2. The zero-order valence-corrected chi connectivity index (χ0v) is 20.1. The third kappa shape index (κ3) is 5.16. The van der Waals surface area contributed by atoms with Crippen LogP contribution in [-0.4, -0.2) is 31.1 Å². The summed E-state index contributed by atoms with van der Waals surface area (Å²) in [4.78, 5) is 13.1. The van der Waals surface area contributed by atoms with Gasteiger partial charge in [-0.2, -0.15) is 4.31 Å². The smallest absolute Gasteiger partial charge is 0.277 e. The van der Waals surface area contributed by atoms with Gasteiger partial charge in [-0.15, -0.1) is 0 Å². The minimum atomic E-state index is -3.89. The molecular weight excluding hydrogens is 462 g/mol. The lowest BCUT2D eigenvalue weighted by Crippen LogP contribution is -2.40. The molecule has 3 aromatic carbocycles. The van der Waals surface area contributed by atoms with Crippen molar-refractivity contribution in [3.63, 3.8) is 0 Å². The highest BCUT2D eigenvalue weighted by molar-refractivity contribution is 7.89. The number of ketones is 1. The molecule has 0 unspecified atom stereocenters.